The van der Waals surface area contributed by atoms with Crippen molar-refractivity contribution < 1.29 is 5.11 Å². The highest BCUT2D eigenvalue weighted by molar-refractivity contribution is 6.13. The van der Waals surface area contributed by atoms with Crippen LogP contribution < -0.4 is 5.73 Å². The molecule has 0 saturated heterocycles. The highest BCUT2D eigenvalue weighted by atomic mass is 16.3. The molecule has 1 aliphatic rings. The number of nitrogens with zero attached hydrogens (tertiary/aromatic N) is 1. The zero-order valence-corrected chi connectivity index (χ0v) is 14.3. The standard InChI is InChI=1S/C21H21N3O/c1-12(22)19-17(23)10-11-18-20(19)15-4-2-3-5-16(15)21(24-18)13-6-8-14(25)9-7-13/h6-11,22,25H,2-5,23H2,1H3. The van der Waals surface area contributed by atoms with E-state index in [4.69, 9.17) is 16.1 Å². The molecule has 0 aliphatic heterocycles. The van der Waals surface area contributed by atoms with Gasteiger partial charge in [-0.3, -0.25) is 0 Å². The quantitative estimate of drug-likeness (QED) is 0.479. The third-order valence-electron chi connectivity index (χ3n) is 5.02. The van der Waals surface area contributed by atoms with Gasteiger partial charge in [-0.25, -0.2) is 4.98 Å². The van der Waals surface area contributed by atoms with E-state index < -0.39 is 0 Å². The molecule has 2 aromatic carbocycles. The molecule has 0 radical (unpaired) electrons. The zero-order valence-electron chi connectivity index (χ0n) is 14.3. The first-order chi connectivity index (χ1) is 12.1. The largest absolute Gasteiger partial charge is 0.508 e. The van der Waals surface area contributed by atoms with Crippen molar-refractivity contribution in [3.8, 4) is 17.0 Å². The molecule has 4 heteroatoms. The maximum atomic E-state index is 9.58. The van der Waals surface area contributed by atoms with Crippen molar-refractivity contribution in [3.63, 3.8) is 0 Å². The Balaban J connectivity index is 2.09. The van der Waals surface area contributed by atoms with Crippen molar-refractivity contribution in [2.24, 2.45) is 0 Å². The lowest BCUT2D eigenvalue weighted by atomic mass is 9.84. The van der Waals surface area contributed by atoms with Crippen LogP contribution in [0, 0.1) is 5.41 Å². The van der Waals surface area contributed by atoms with E-state index in [9.17, 15) is 5.11 Å². The summed E-state index contributed by atoms with van der Waals surface area (Å²) in [6.45, 7) is 1.79. The van der Waals surface area contributed by atoms with Crippen LogP contribution in [0.3, 0.4) is 0 Å². The van der Waals surface area contributed by atoms with Gasteiger partial charge in [-0.2, -0.15) is 0 Å². The van der Waals surface area contributed by atoms with Gasteiger partial charge < -0.3 is 16.2 Å². The molecule has 0 fully saturated rings. The first kappa shape index (κ1) is 15.6. The van der Waals surface area contributed by atoms with Gasteiger partial charge in [-0.15, -0.1) is 0 Å². The zero-order chi connectivity index (χ0) is 17.6. The molecule has 4 N–H and O–H groups in total. The predicted octanol–water partition coefficient (Wildman–Crippen LogP) is 4.46. The minimum absolute atomic E-state index is 0.257. The summed E-state index contributed by atoms with van der Waals surface area (Å²) >= 11 is 0. The lowest BCUT2D eigenvalue weighted by molar-refractivity contribution is 0.475. The molecule has 126 valence electrons. The van der Waals surface area contributed by atoms with Crippen LogP contribution in [0.1, 0.15) is 36.5 Å². The van der Waals surface area contributed by atoms with E-state index in [0.717, 1.165) is 53.4 Å². The number of hydrogen-bond donors (Lipinski definition) is 3. The van der Waals surface area contributed by atoms with Gasteiger partial charge in [0.15, 0.2) is 0 Å². The summed E-state index contributed by atoms with van der Waals surface area (Å²) in [4.78, 5) is 4.94. The lowest BCUT2D eigenvalue weighted by Crippen LogP contribution is -2.11. The summed E-state index contributed by atoms with van der Waals surface area (Å²) in [5.74, 6) is 0.257. The van der Waals surface area contributed by atoms with E-state index in [1.165, 1.54) is 11.1 Å². The number of aromatic nitrogens is 1. The molecule has 0 atom stereocenters. The molecule has 0 bridgehead atoms. The fourth-order valence-electron chi connectivity index (χ4n) is 3.90. The maximum Gasteiger partial charge on any atom is 0.115 e. The molecule has 1 aliphatic carbocycles. The number of anilines is 1. The SMILES string of the molecule is CC(=N)c1c(N)ccc2nc(-c3ccc(O)cc3)c3c(c12)CCCC3. The third kappa shape index (κ3) is 2.54. The Kier molecular flexibility index (Phi) is 3.68. The molecular formula is C21H21N3O. The fraction of sp³-hybridized carbons (Fsp3) is 0.238. The highest BCUT2D eigenvalue weighted by Crippen LogP contribution is 2.38. The summed E-state index contributed by atoms with van der Waals surface area (Å²) in [5.41, 5.74) is 13.6. The number of pyridine rings is 1. The summed E-state index contributed by atoms with van der Waals surface area (Å²) < 4.78 is 0. The van der Waals surface area contributed by atoms with E-state index >= 15 is 0 Å². The van der Waals surface area contributed by atoms with Crippen LogP contribution >= 0.6 is 0 Å². The van der Waals surface area contributed by atoms with Crippen LogP contribution in [0.15, 0.2) is 36.4 Å². The number of aromatic hydroxyl groups is 1. The van der Waals surface area contributed by atoms with Gasteiger partial charge in [0, 0.05) is 27.9 Å². The van der Waals surface area contributed by atoms with E-state index in [-0.39, 0.29) is 5.75 Å². The number of hydrogen-bond acceptors (Lipinski definition) is 4. The van der Waals surface area contributed by atoms with Gasteiger partial charge in [0.25, 0.3) is 0 Å². The minimum Gasteiger partial charge on any atom is -0.508 e. The summed E-state index contributed by atoms with van der Waals surface area (Å²) in [7, 11) is 0. The summed E-state index contributed by atoms with van der Waals surface area (Å²) in [6.07, 6.45) is 4.27. The van der Waals surface area contributed by atoms with Crippen LogP contribution in [0.25, 0.3) is 22.2 Å². The number of phenols is 1. The van der Waals surface area contributed by atoms with Crippen molar-refractivity contribution in [1.29, 1.82) is 5.41 Å². The average Bonchev–Trinajstić information content (AvgIpc) is 2.61. The lowest BCUT2D eigenvalue weighted by Gasteiger charge is -2.23. The van der Waals surface area contributed by atoms with Gasteiger partial charge in [0.2, 0.25) is 0 Å². The third-order valence-corrected chi connectivity index (χ3v) is 5.02. The second kappa shape index (κ2) is 5.88. The molecule has 0 saturated carbocycles. The van der Waals surface area contributed by atoms with Crippen molar-refractivity contribution in [3.05, 3.63) is 53.1 Å². The minimum atomic E-state index is 0.257. The maximum absolute atomic E-state index is 9.58. The van der Waals surface area contributed by atoms with Crippen LogP contribution in [0.2, 0.25) is 0 Å². The van der Waals surface area contributed by atoms with Crippen LogP contribution in [0.4, 0.5) is 5.69 Å². The molecule has 1 heterocycles. The molecule has 3 aromatic rings. The number of rotatable bonds is 2. The van der Waals surface area contributed by atoms with Crippen LogP contribution in [-0.2, 0) is 12.8 Å². The van der Waals surface area contributed by atoms with Gasteiger partial charge in [-0.1, -0.05) is 0 Å². The topological polar surface area (TPSA) is 83.0 Å². The van der Waals surface area contributed by atoms with E-state index in [2.05, 4.69) is 0 Å². The summed E-state index contributed by atoms with van der Waals surface area (Å²) in [6, 6.07) is 11.0. The first-order valence-electron chi connectivity index (χ1n) is 8.65. The molecule has 4 nitrogen and oxygen atoms in total. The van der Waals surface area contributed by atoms with Crippen molar-refractivity contribution in [2.45, 2.75) is 32.6 Å². The molecule has 4 rings (SSSR count). The Labute approximate surface area is 146 Å². The first-order valence-corrected chi connectivity index (χ1v) is 8.65. The number of phenolic OH excluding ortho intramolecular Hbond substituents is 1. The average molecular weight is 331 g/mol. The molecular weight excluding hydrogens is 310 g/mol. The molecule has 1 aromatic heterocycles. The molecule has 0 amide bonds. The normalized spacial score (nSPS) is 13.6. The van der Waals surface area contributed by atoms with Crippen molar-refractivity contribution in [2.75, 3.05) is 5.73 Å². The Hall–Kier alpha value is -2.88. The van der Waals surface area contributed by atoms with Crippen LogP contribution in [-0.4, -0.2) is 15.8 Å². The molecule has 0 spiro atoms. The second-order valence-electron chi connectivity index (χ2n) is 6.72. The number of fused-ring (bicyclic) bond motifs is 3. The van der Waals surface area contributed by atoms with Crippen molar-refractivity contribution >= 4 is 22.3 Å². The monoisotopic (exact) mass is 331 g/mol. The number of nitrogens with one attached hydrogen (secondary N) is 1. The second-order valence-corrected chi connectivity index (χ2v) is 6.72. The van der Waals surface area contributed by atoms with Gasteiger partial charge in [0.05, 0.1) is 11.2 Å². The predicted molar refractivity (Wildman–Crippen MR) is 102 cm³/mol. The van der Waals surface area contributed by atoms with Gasteiger partial charge in [0.1, 0.15) is 5.75 Å². The van der Waals surface area contributed by atoms with E-state index in [1.807, 2.05) is 24.3 Å². The summed E-state index contributed by atoms with van der Waals surface area (Å²) in [5, 5.41) is 18.8. The number of nitrogens with two attached hydrogens (primary N) is 1. The van der Waals surface area contributed by atoms with E-state index in [1.54, 1.807) is 19.1 Å². The molecule has 0 unspecified atom stereocenters. The number of nitrogen functional groups attached to an aromatic ring is 1. The van der Waals surface area contributed by atoms with E-state index in [0.29, 0.717) is 11.4 Å². The highest BCUT2D eigenvalue weighted by Gasteiger charge is 2.22. The fourth-order valence-corrected chi connectivity index (χ4v) is 3.90. The van der Waals surface area contributed by atoms with Gasteiger partial charge in [-0.05, 0) is 80.1 Å². The Morgan fingerprint density at radius 3 is 2.40 bits per heavy atom. The van der Waals surface area contributed by atoms with Crippen molar-refractivity contribution in [1.82, 2.24) is 4.98 Å². The molecule has 25 heavy (non-hydrogen) atoms. The Bertz CT molecular complexity index is 990. The smallest absolute Gasteiger partial charge is 0.115 e. The Morgan fingerprint density at radius 1 is 1.04 bits per heavy atom. The van der Waals surface area contributed by atoms with Crippen LogP contribution in [0.5, 0.6) is 5.75 Å². The van der Waals surface area contributed by atoms with Gasteiger partial charge >= 0.3 is 0 Å². The number of aryl methyl sites for hydroxylation is 1. The Morgan fingerprint density at radius 2 is 1.72 bits per heavy atom. The number of benzene rings is 2.